The third-order valence-electron chi connectivity index (χ3n) is 3.59. The minimum Gasteiger partial charge on any atom is -0.497 e. The SMILES string of the molecule is COc1cccc(C(=O)N[C@@H](C)c2nc(-c3ccc(Cl)cc3)no2)c1. The molecule has 0 spiro atoms. The lowest BCUT2D eigenvalue weighted by Gasteiger charge is -2.10. The first kappa shape index (κ1) is 17.0. The fourth-order valence-electron chi connectivity index (χ4n) is 2.23. The van der Waals surface area contributed by atoms with Crippen LogP contribution in [0.25, 0.3) is 11.4 Å². The number of nitrogens with one attached hydrogen (secondary N) is 1. The number of carbonyl (C=O) groups excluding carboxylic acids is 1. The van der Waals surface area contributed by atoms with Gasteiger partial charge in [0.15, 0.2) is 0 Å². The fraction of sp³-hybridized carbons (Fsp3) is 0.167. The van der Waals surface area contributed by atoms with Gasteiger partial charge in [0, 0.05) is 16.1 Å². The molecule has 3 aromatic rings. The molecule has 0 unspecified atom stereocenters. The molecule has 7 heteroatoms. The number of hydrogen-bond donors (Lipinski definition) is 1. The van der Waals surface area contributed by atoms with Gasteiger partial charge in [-0.2, -0.15) is 4.98 Å². The summed E-state index contributed by atoms with van der Waals surface area (Å²) in [7, 11) is 1.55. The van der Waals surface area contributed by atoms with Crippen molar-refractivity contribution in [2.24, 2.45) is 0 Å². The summed E-state index contributed by atoms with van der Waals surface area (Å²) in [6.45, 7) is 1.78. The maximum absolute atomic E-state index is 12.3. The third-order valence-corrected chi connectivity index (χ3v) is 3.85. The lowest BCUT2D eigenvalue weighted by molar-refractivity contribution is 0.0932. The molecular weight excluding hydrogens is 342 g/mol. The average Bonchev–Trinajstić information content (AvgIpc) is 3.12. The van der Waals surface area contributed by atoms with Crippen LogP contribution in [-0.4, -0.2) is 23.2 Å². The van der Waals surface area contributed by atoms with Crippen molar-refractivity contribution in [2.45, 2.75) is 13.0 Å². The van der Waals surface area contributed by atoms with Gasteiger partial charge in [0.25, 0.3) is 5.91 Å². The van der Waals surface area contributed by atoms with Gasteiger partial charge in [-0.05, 0) is 49.4 Å². The van der Waals surface area contributed by atoms with Gasteiger partial charge in [0.2, 0.25) is 11.7 Å². The summed E-state index contributed by atoms with van der Waals surface area (Å²) in [6.07, 6.45) is 0. The summed E-state index contributed by atoms with van der Waals surface area (Å²) in [6, 6.07) is 13.6. The minimum absolute atomic E-state index is 0.252. The van der Waals surface area contributed by atoms with Crippen LogP contribution in [0, 0.1) is 0 Å². The quantitative estimate of drug-likeness (QED) is 0.749. The van der Waals surface area contributed by atoms with Crippen molar-refractivity contribution in [2.75, 3.05) is 7.11 Å². The van der Waals surface area contributed by atoms with Gasteiger partial charge in [0.1, 0.15) is 11.8 Å². The summed E-state index contributed by atoms with van der Waals surface area (Å²) < 4.78 is 10.4. The van der Waals surface area contributed by atoms with Crippen molar-refractivity contribution in [1.82, 2.24) is 15.5 Å². The molecule has 6 nitrogen and oxygen atoms in total. The standard InChI is InChI=1S/C18H16ClN3O3/c1-11(20-17(23)13-4-3-5-15(10-13)24-2)18-21-16(22-25-18)12-6-8-14(19)9-7-12/h3-11H,1-2H3,(H,20,23)/t11-/m0/s1. The Kier molecular flexibility index (Phi) is 5.00. The molecule has 0 saturated carbocycles. The summed E-state index contributed by atoms with van der Waals surface area (Å²) in [5, 5.41) is 7.40. The number of halogens is 1. The van der Waals surface area contributed by atoms with Crippen LogP contribution >= 0.6 is 11.6 Å². The van der Waals surface area contributed by atoms with Crippen LogP contribution in [0.3, 0.4) is 0 Å². The largest absolute Gasteiger partial charge is 0.497 e. The van der Waals surface area contributed by atoms with E-state index in [1.807, 2.05) is 0 Å². The Morgan fingerprint density at radius 2 is 2.00 bits per heavy atom. The van der Waals surface area contributed by atoms with E-state index in [2.05, 4.69) is 15.5 Å². The molecule has 25 heavy (non-hydrogen) atoms. The molecule has 1 aromatic heterocycles. The Hall–Kier alpha value is -2.86. The first-order valence-corrected chi connectivity index (χ1v) is 7.99. The number of aromatic nitrogens is 2. The fourth-order valence-corrected chi connectivity index (χ4v) is 2.36. The van der Waals surface area contributed by atoms with E-state index >= 15 is 0 Å². The smallest absolute Gasteiger partial charge is 0.252 e. The second kappa shape index (κ2) is 7.36. The lowest BCUT2D eigenvalue weighted by atomic mass is 10.2. The molecule has 1 atom stereocenters. The molecule has 3 rings (SSSR count). The Labute approximate surface area is 149 Å². The predicted molar refractivity (Wildman–Crippen MR) is 93.6 cm³/mol. The van der Waals surface area contributed by atoms with Crippen molar-refractivity contribution in [3.05, 3.63) is 65.0 Å². The normalized spacial score (nSPS) is 11.8. The summed E-state index contributed by atoms with van der Waals surface area (Å²) >= 11 is 5.87. The number of carbonyl (C=O) groups is 1. The van der Waals surface area contributed by atoms with Crippen molar-refractivity contribution in [3.63, 3.8) is 0 Å². The molecular formula is C18H16ClN3O3. The molecule has 1 N–H and O–H groups in total. The highest BCUT2D eigenvalue weighted by molar-refractivity contribution is 6.30. The lowest BCUT2D eigenvalue weighted by Crippen LogP contribution is -2.26. The van der Waals surface area contributed by atoms with Gasteiger partial charge < -0.3 is 14.6 Å². The second-order valence-electron chi connectivity index (χ2n) is 5.39. The van der Waals surface area contributed by atoms with Crippen LogP contribution in [0.4, 0.5) is 0 Å². The van der Waals surface area contributed by atoms with Crippen molar-refractivity contribution in [3.8, 4) is 17.1 Å². The van der Waals surface area contributed by atoms with E-state index in [0.717, 1.165) is 5.56 Å². The van der Waals surface area contributed by atoms with E-state index in [1.54, 1.807) is 62.6 Å². The first-order chi connectivity index (χ1) is 12.1. The number of ether oxygens (including phenoxy) is 1. The number of hydrogen-bond acceptors (Lipinski definition) is 5. The van der Waals surface area contributed by atoms with Crippen LogP contribution in [0.15, 0.2) is 53.1 Å². The topological polar surface area (TPSA) is 77.2 Å². The van der Waals surface area contributed by atoms with Crippen LogP contribution in [0.1, 0.15) is 29.2 Å². The first-order valence-electron chi connectivity index (χ1n) is 7.61. The van der Waals surface area contributed by atoms with E-state index < -0.39 is 6.04 Å². The summed E-state index contributed by atoms with van der Waals surface area (Å²) in [5.41, 5.74) is 1.27. The molecule has 0 saturated heterocycles. The molecule has 1 heterocycles. The van der Waals surface area contributed by atoms with Gasteiger partial charge in [0.05, 0.1) is 7.11 Å². The molecule has 0 aliphatic heterocycles. The van der Waals surface area contributed by atoms with Gasteiger partial charge in [-0.25, -0.2) is 0 Å². The zero-order valence-corrected chi connectivity index (χ0v) is 14.4. The monoisotopic (exact) mass is 357 g/mol. The van der Waals surface area contributed by atoms with E-state index in [4.69, 9.17) is 20.9 Å². The maximum Gasteiger partial charge on any atom is 0.252 e. The maximum atomic E-state index is 12.3. The van der Waals surface area contributed by atoms with Crippen LogP contribution < -0.4 is 10.1 Å². The highest BCUT2D eigenvalue weighted by Gasteiger charge is 2.18. The molecule has 1 amide bonds. The van der Waals surface area contributed by atoms with Gasteiger partial charge in [-0.1, -0.05) is 22.8 Å². The Morgan fingerprint density at radius 3 is 2.72 bits per heavy atom. The second-order valence-corrected chi connectivity index (χ2v) is 5.83. The molecule has 0 aliphatic carbocycles. The number of amides is 1. The molecule has 0 bridgehead atoms. The van der Waals surface area contributed by atoms with Gasteiger partial charge in [-0.3, -0.25) is 4.79 Å². The van der Waals surface area contributed by atoms with Crippen LogP contribution in [0.5, 0.6) is 5.75 Å². The summed E-state index contributed by atoms with van der Waals surface area (Å²) in [5.74, 6) is 1.12. The zero-order valence-electron chi connectivity index (χ0n) is 13.7. The number of nitrogens with zero attached hydrogens (tertiary/aromatic N) is 2. The van der Waals surface area contributed by atoms with E-state index in [-0.39, 0.29) is 5.91 Å². The summed E-state index contributed by atoms with van der Waals surface area (Å²) in [4.78, 5) is 16.7. The van der Waals surface area contributed by atoms with E-state index in [9.17, 15) is 4.79 Å². The third kappa shape index (κ3) is 3.97. The Bertz CT molecular complexity index is 877. The van der Waals surface area contributed by atoms with Crippen LogP contribution in [-0.2, 0) is 0 Å². The number of methoxy groups -OCH3 is 1. The minimum atomic E-state index is -0.438. The van der Waals surface area contributed by atoms with Crippen molar-refractivity contribution in [1.29, 1.82) is 0 Å². The molecule has 2 aromatic carbocycles. The van der Waals surface area contributed by atoms with E-state index in [1.165, 1.54) is 0 Å². The Morgan fingerprint density at radius 1 is 1.24 bits per heavy atom. The molecule has 128 valence electrons. The van der Waals surface area contributed by atoms with Crippen LogP contribution in [0.2, 0.25) is 5.02 Å². The Balaban J connectivity index is 1.72. The molecule has 0 aliphatic rings. The van der Waals surface area contributed by atoms with Gasteiger partial charge in [-0.15, -0.1) is 0 Å². The van der Waals surface area contributed by atoms with Gasteiger partial charge >= 0.3 is 0 Å². The predicted octanol–water partition coefficient (Wildman–Crippen LogP) is 3.89. The van der Waals surface area contributed by atoms with E-state index in [0.29, 0.717) is 28.1 Å². The number of benzene rings is 2. The average molecular weight is 358 g/mol. The highest BCUT2D eigenvalue weighted by Crippen LogP contribution is 2.21. The molecule has 0 radical (unpaired) electrons. The molecule has 0 fully saturated rings. The number of rotatable bonds is 5. The zero-order chi connectivity index (χ0) is 17.8. The highest BCUT2D eigenvalue weighted by atomic mass is 35.5. The van der Waals surface area contributed by atoms with Crippen molar-refractivity contribution >= 4 is 17.5 Å². The van der Waals surface area contributed by atoms with Crippen molar-refractivity contribution < 1.29 is 14.1 Å².